The molecule has 0 bridgehead atoms. The van der Waals surface area contributed by atoms with Gasteiger partial charge in [0.25, 0.3) is 20.0 Å². The number of aryl methyl sites for hydroxylation is 1. The highest BCUT2D eigenvalue weighted by atomic mass is 32.2. The molecule has 24 heavy (non-hydrogen) atoms. The molecular weight excluding hydrogens is 354 g/mol. The van der Waals surface area contributed by atoms with Crippen LogP contribution in [0.3, 0.4) is 0 Å². The molecule has 2 aromatic carbocycles. The molecule has 2 aromatic rings. The SMILES string of the molecule is Cc1ccc(S(=O)(=O)Nc2ccc(S(=O)(=O)NC(N)=O)cc2)cc1. The first-order valence-corrected chi connectivity index (χ1v) is 9.59. The summed E-state index contributed by atoms with van der Waals surface area (Å²) < 4.78 is 51.9. The second-order valence-corrected chi connectivity index (χ2v) is 8.28. The molecule has 0 heterocycles. The van der Waals surface area contributed by atoms with Gasteiger partial charge in [0, 0.05) is 5.69 Å². The molecule has 4 N–H and O–H groups in total. The number of nitrogens with one attached hydrogen (secondary N) is 2. The van der Waals surface area contributed by atoms with Crippen LogP contribution in [-0.4, -0.2) is 22.9 Å². The van der Waals surface area contributed by atoms with Gasteiger partial charge in [0.2, 0.25) is 0 Å². The molecule has 0 radical (unpaired) electrons. The van der Waals surface area contributed by atoms with Gasteiger partial charge in [0.15, 0.2) is 0 Å². The van der Waals surface area contributed by atoms with Crippen molar-refractivity contribution in [3.05, 3.63) is 54.1 Å². The van der Waals surface area contributed by atoms with Crippen molar-refractivity contribution >= 4 is 31.8 Å². The van der Waals surface area contributed by atoms with Crippen LogP contribution < -0.4 is 15.2 Å². The lowest BCUT2D eigenvalue weighted by Crippen LogP contribution is -2.34. The Balaban J connectivity index is 2.23. The monoisotopic (exact) mass is 369 g/mol. The highest BCUT2D eigenvalue weighted by Gasteiger charge is 2.17. The van der Waals surface area contributed by atoms with Crippen LogP contribution in [0.25, 0.3) is 0 Å². The molecule has 0 aromatic heterocycles. The van der Waals surface area contributed by atoms with E-state index in [1.54, 1.807) is 16.9 Å². The molecule has 0 aliphatic rings. The predicted octanol–water partition coefficient (Wildman–Crippen LogP) is 1.15. The molecule has 0 atom stereocenters. The maximum Gasteiger partial charge on any atom is 0.326 e. The first-order chi connectivity index (χ1) is 11.1. The third-order valence-corrected chi connectivity index (χ3v) is 5.74. The second kappa shape index (κ2) is 6.49. The minimum Gasteiger partial charge on any atom is -0.351 e. The van der Waals surface area contributed by atoms with Gasteiger partial charge < -0.3 is 5.73 Å². The van der Waals surface area contributed by atoms with E-state index in [1.807, 2.05) is 6.92 Å². The van der Waals surface area contributed by atoms with E-state index in [0.29, 0.717) is 0 Å². The molecule has 8 nitrogen and oxygen atoms in total. The van der Waals surface area contributed by atoms with E-state index in [4.69, 9.17) is 5.73 Å². The Bertz CT molecular complexity index is 950. The number of benzene rings is 2. The fourth-order valence-electron chi connectivity index (χ4n) is 1.82. The predicted molar refractivity (Wildman–Crippen MR) is 88.3 cm³/mol. The van der Waals surface area contributed by atoms with E-state index >= 15 is 0 Å². The lowest BCUT2D eigenvalue weighted by Gasteiger charge is -2.09. The first-order valence-electron chi connectivity index (χ1n) is 6.62. The van der Waals surface area contributed by atoms with E-state index in [-0.39, 0.29) is 15.5 Å². The third-order valence-electron chi connectivity index (χ3n) is 2.98. The summed E-state index contributed by atoms with van der Waals surface area (Å²) in [4.78, 5) is 10.5. The number of anilines is 1. The van der Waals surface area contributed by atoms with Gasteiger partial charge in [0.1, 0.15) is 0 Å². The maximum absolute atomic E-state index is 12.2. The summed E-state index contributed by atoms with van der Waals surface area (Å²) in [5.74, 6) is 0. The number of sulfonamides is 2. The number of hydrogen-bond acceptors (Lipinski definition) is 5. The van der Waals surface area contributed by atoms with Gasteiger partial charge in [-0.15, -0.1) is 0 Å². The van der Waals surface area contributed by atoms with Crippen molar-refractivity contribution in [2.24, 2.45) is 5.73 Å². The Hall–Kier alpha value is -2.59. The van der Waals surface area contributed by atoms with Crippen LogP contribution >= 0.6 is 0 Å². The summed E-state index contributed by atoms with van der Waals surface area (Å²) in [5.41, 5.74) is 5.88. The molecule has 128 valence electrons. The minimum absolute atomic E-state index is 0.0835. The molecule has 0 saturated heterocycles. The number of urea groups is 1. The van der Waals surface area contributed by atoms with Crippen molar-refractivity contribution in [1.82, 2.24) is 4.72 Å². The average molecular weight is 369 g/mol. The molecule has 0 aliphatic carbocycles. The van der Waals surface area contributed by atoms with Crippen LogP contribution in [0.1, 0.15) is 5.56 Å². The van der Waals surface area contributed by atoms with Crippen molar-refractivity contribution in [2.45, 2.75) is 16.7 Å². The normalized spacial score (nSPS) is 11.7. The van der Waals surface area contributed by atoms with E-state index in [2.05, 4.69) is 4.72 Å². The van der Waals surface area contributed by atoms with Crippen molar-refractivity contribution in [3.8, 4) is 0 Å². The smallest absolute Gasteiger partial charge is 0.326 e. The van der Waals surface area contributed by atoms with Gasteiger partial charge in [-0.25, -0.2) is 26.4 Å². The highest BCUT2D eigenvalue weighted by molar-refractivity contribution is 7.92. The van der Waals surface area contributed by atoms with Gasteiger partial charge in [0.05, 0.1) is 9.79 Å². The van der Waals surface area contributed by atoms with Crippen LogP contribution in [0.5, 0.6) is 0 Å². The lowest BCUT2D eigenvalue weighted by molar-refractivity contribution is 0.253. The molecule has 0 saturated carbocycles. The van der Waals surface area contributed by atoms with E-state index < -0.39 is 26.1 Å². The maximum atomic E-state index is 12.2. The summed E-state index contributed by atoms with van der Waals surface area (Å²) in [6.07, 6.45) is 0. The summed E-state index contributed by atoms with van der Waals surface area (Å²) in [5, 5.41) is 0. The van der Waals surface area contributed by atoms with Gasteiger partial charge in [-0.3, -0.25) is 4.72 Å². The zero-order valence-electron chi connectivity index (χ0n) is 12.6. The Kier molecular flexibility index (Phi) is 4.81. The van der Waals surface area contributed by atoms with Gasteiger partial charge >= 0.3 is 6.03 Å². The van der Waals surface area contributed by atoms with Gasteiger partial charge in [-0.1, -0.05) is 17.7 Å². The highest BCUT2D eigenvalue weighted by Crippen LogP contribution is 2.18. The molecule has 0 fully saturated rings. The molecule has 0 aliphatic heterocycles. The fourth-order valence-corrected chi connectivity index (χ4v) is 3.76. The van der Waals surface area contributed by atoms with Gasteiger partial charge in [-0.05, 0) is 43.3 Å². The number of rotatable bonds is 5. The Morgan fingerprint density at radius 1 is 0.833 bits per heavy atom. The number of nitrogens with two attached hydrogens (primary N) is 1. The number of hydrogen-bond donors (Lipinski definition) is 3. The number of primary amides is 1. The Morgan fingerprint density at radius 3 is 1.79 bits per heavy atom. The van der Waals surface area contributed by atoms with Gasteiger partial charge in [-0.2, -0.15) is 0 Å². The second-order valence-electron chi connectivity index (χ2n) is 4.91. The molecule has 2 amide bonds. The standard InChI is InChI=1S/C14H15N3O5S2/c1-10-2-6-12(7-3-10)23(19,20)16-11-4-8-13(9-5-11)24(21,22)17-14(15)18/h2-9,16H,1H3,(H3,15,17,18). The first kappa shape index (κ1) is 17.8. The molecular formula is C14H15N3O5S2. The largest absolute Gasteiger partial charge is 0.351 e. The third kappa shape index (κ3) is 4.24. The average Bonchev–Trinajstić information content (AvgIpc) is 2.46. The van der Waals surface area contributed by atoms with Crippen molar-refractivity contribution < 1.29 is 21.6 Å². The Morgan fingerprint density at radius 2 is 1.29 bits per heavy atom. The van der Waals surface area contributed by atoms with Crippen molar-refractivity contribution in [2.75, 3.05) is 4.72 Å². The zero-order chi connectivity index (χ0) is 18.0. The van der Waals surface area contributed by atoms with Crippen LogP contribution in [0.15, 0.2) is 58.3 Å². The minimum atomic E-state index is -4.08. The van der Waals surface area contributed by atoms with Crippen LogP contribution in [0.4, 0.5) is 10.5 Å². The summed E-state index contributed by atoms with van der Waals surface area (Å²) in [6, 6.07) is 9.89. The van der Waals surface area contributed by atoms with E-state index in [1.165, 1.54) is 24.3 Å². The summed E-state index contributed by atoms with van der Waals surface area (Å²) in [7, 11) is -7.87. The van der Waals surface area contributed by atoms with E-state index in [0.717, 1.165) is 17.7 Å². The fraction of sp³-hybridized carbons (Fsp3) is 0.0714. The molecule has 2 rings (SSSR count). The quantitative estimate of drug-likeness (QED) is 0.726. The molecule has 0 spiro atoms. The van der Waals surface area contributed by atoms with Crippen molar-refractivity contribution in [3.63, 3.8) is 0 Å². The summed E-state index contributed by atoms with van der Waals surface area (Å²) >= 11 is 0. The topological polar surface area (TPSA) is 135 Å². The van der Waals surface area contributed by atoms with Crippen molar-refractivity contribution in [1.29, 1.82) is 0 Å². The summed E-state index contributed by atoms with van der Waals surface area (Å²) in [6.45, 7) is 1.84. The van der Waals surface area contributed by atoms with Crippen LogP contribution in [0.2, 0.25) is 0 Å². The molecule has 0 unspecified atom stereocenters. The van der Waals surface area contributed by atoms with Crippen LogP contribution in [-0.2, 0) is 20.0 Å². The van der Waals surface area contributed by atoms with Crippen LogP contribution in [0, 0.1) is 6.92 Å². The molecule has 10 heteroatoms. The number of amides is 2. The lowest BCUT2D eigenvalue weighted by atomic mass is 10.2. The Labute approximate surface area is 139 Å². The number of carbonyl (C=O) groups is 1. The zero-order valence-corrected chi connectivity index (χ0v) is 14.2. The van der Waals surface area contributed by atoms with E-state index in [9.17, 15) is 21.6 Å². The number of carbonyl (C=O) groups excluding carboxylic acids is 1.